The first kappa shape index (κ1) is 26.3. The zero-order valence-corrected chi connectivity index (χ0v) is 22.0. The van der Waals surface area contributed by atoms with Gasteiger partial charge in [-0.3, -0.25) is 9.59 Å². The van der Waals surface area contributed by atoms with Crippen LogP contribution in [0.2, 0.25) is 5.02 Å². The number of amides is 2. The van der Waals surface area contributed by atoms with Crippen LogP contribution in [0.3, 0.4) is 0 Å². The number of carbonyl (C=O) groups is 2. The van der Waals surface area contributed by atoms with Gasteiger partial charge in [-0.2, -0.15) is 0 Å². The minimum Gasteiger partial charge on any atom is -0.352 e. The molecule has 4 rings (SSSR count). The number of rotatable bonds is 10. The summed E-state index contributed by atoms with van der Waals surface area (Å²) in [5, 5.41) is 3.87. The Hall–Kier alpha value is -2.76. The summed E-state index contributed by atoms with van der Waals surface area (Å²) in [6.45, 7) is 0.281. The molecule has 0 radical (unpaired) electrons. The number of nitrogens with one attached hydrogen (secondary N) is 1. The van der Waals surface area contributed by atoms with Gasteiger partial charge in [0.05, 0.1) is 5.75 Å². The van der Waals surface area contributed by atoms with E-state index in [1.165, 1.54) is 18.2 Å². The molecule has 0 unspecified atom stereocenters. The standard InChI is InChI=1S/C30H33ClN2O2S/c31-27-19-11-10-14-24(27)21-33(29(34)22-36-26-17-8-3-9-18-26)28(20-23-12-4-1-5-13-23)30(35)32-25-15-6-2-7-16-25/h1,3-5,8-14,17-19,25,28H,2,6-7,15-16,20-22H2,(H,32,35)/t28-/m1/s1. The van der Waals surface area contributed by atoms with Crippen LogP contribution < -0.4 is 5.32 Å². The molecule has 0 heterocycles. The number of hydrogen-bond acceptors (Lipinski definition) is 3. The van der Waals surface area contributed by atoms with Crippen molar-refractivity contribution in [3.05, 3.63) is 101 Å². The molecule has 2 amide bonds. The van der Waals surface area contributed by atoms with E-state index in [2.05, 4.69) is 5.32 Å². The van der Waals surface area contributed by atoms with E-state index < -0.39 is 6.04 Å². The summed E-state index contributed by atoms with van der Waals surface area (Å²) in [4.78, 5) is 30.3. The van der Waals surface area contributed by atoms with Gasteiger partial charge in [0.2, 0.25) is 11.8 Å². The fourth-order valence-corrected chi connectivity index (χ4v) is 5.65. The first-order chi connectivity index (χ1) is 17.6. The van der Waals surface area contributed by atoms with Crippen molar-refractivity contribution in [2.45, 2.75) is 62.0 Å². The van der Waals surface area contributed by atoms with Gasteiger partial charge in [0.15, 0.2) is 0 Å². The topological polar surface area (TPSA) is 49.4 Å². The van der Waals surface area contributed by atoms with E-state index in [9.17, 15) is 9.59 Å². The molecular weight excluding hydrogens is 488 g/mol. The summed E-state index contributed by atoms with van der Waals surface area (Å²) in [7, 11) is 0. The fourth-order valence-electron chi connectivity index (χ4n) is 4.65. The largest absolute Gasteiger partial charge is 0.352 e. The van der Waals surface area contributed by atoms with Crippen LogP contribution in [0.1, 0.15) is 43.2 Å². The van der Waals surface area contributed by atoms with Crippen LogP contribution in [0.5, 0.6) is 0 Å². The summed E-state index contributed by atoms with van der Waals surface area (Å²) in [6, 6.07) is 26.9. The summed E-state index contributed by atoms with van der Waals surface area (Å²) >= 11 is 7.99. The van der Waals surface area contributed by atoms with Crippen LogP contribution in [-0.4, -0.2) is 34.6 Å². The molecule has 188 valence electrons. The lowest BCUT2D eigenvalue weighted by molar-refractivity contribution is -0.139. The van der Waals surface area contributed by atoms with Gasteiger partial charge in [-0.05, 0) is 42.2 Å². The van der Waals surface area contributed by atoms with E-state index in [1.807, 2.05) is 84.9 Å². The van der Waals surface area contributed by atoms with Gasteiger partial charge in [0.25, 0.3) is 0 Å². The predicted octanol–water partition coefficient (Wildman–Crippen LogP) is 6.52. The quantitative estimate of drug-likeness (QED) is 0.309. The summed E-state index contributed by atoms with van der Waals surface area (Å²) in [5.74, 6) is 0.0792. The van der Waals surface area contributed by atoms with E-state index in [0.717, 1.165) is 41.7 Å². The van der Waals surface area contributed by atoms with E-state index in [0.29, 0.717) is 11.4 Å². The second-order valence-corrected chi connectivity index (χ2v) is 10.7. The molecule has 3 aromatic carbocycles. The first-order valence-electron chi connectivity index (χ1n) is 12.6. The molecule has 1 N–H and O–H groups in total. The minimum absolute atomic E-state index is 0.0801. The number of carbonyl (C=O) groups excluding carboxylic acids is 2. The van der Waals surface area contributed by atoms with Gasteiger partial charge in [0.1, 0.15) is 6.04 Å². The average molecular weight is 521 g/mol. The molecule has 1 atom stereocenters. The van der Waals surface area contributed by atoms with Crippen LogP contribution in [-0.2, 0) is 22.6 Å². The van der Waals surface area contributed by atoms with Crippen LogP contribution in [0.15, 0.2) is 89.8 Å². The fraction of sp³-hybridized carbons (Fsp3) is 0.333. The maximum Gasteiger partial charge on any atom is 0.243 e. The van der Waals surface area contributed by atoms with E-state index in [4.69, 9.17) is 11.6 Å². The Morgan fingerprint density at radius 2 is 1.53 bits per heavy atom. The van der Waals surface area contributed by atoms with Gasteiger partial charge in [-0.1, -0.05) is 97.6 Å². The Kier molecular flexibility index (Phi) is 9.88. The van der Waals surface area contributed by atoms with Crippen molar-refractivity contribution in [2.24, 2.45) is 0 Å². The Bertz CT molecular complexity index is 1120. The third-order valence-corrected chi connectivity index (χ3v) is 7.99. The third-order valence-electron chi connectivity index (χ3n) is 6.63. The number of nitrogens with zero attached hydrogens (tertiary/aromatic N) is 1. The molecule has 0 aliphatic heterocycles. The zero-order chi connectivity index (χ0) is 25.2. The van der Waals surface area contributed by atoms with Crippen LogP contribution in [0.25, 0.3) is 0 Å². The Balaban J connectivity index is 1.61. The highest BCUT2D eigenvalue weighted by atomic mass is 35.5. The van der Waals surface area contributed by atoms with E-state index in [-0.39, 0.29) is 30.2 Å². The number of thioether (sulfide) groups is 1. The van der Waals surface area contributed by atoms with Crippen molar-refractivity contribution in [3.8, 4) is 0 Å². The molecule has 1 aliphatic rings. The number of benzene rings is 3. The monoisotopic (exact) mass is 520 g/mol. The highest BCUT2D eigenvalue weighted by Crippen LogP contribution is 2.24. The Morgan fingerprint density at radius 3 is 2.22 bits per heavy atom. The van der Waals surface area contributed by atoms with E-state index >= 15 is 0 Å². The lowest BCUT2D eigenvalue weighted by atomic mass is 9.94. The maximum absolute atomic E-state index is 13.8. The third kappa shape index (κ3) is 7.62. The van der Waals surface area contributed by atoms with Gasteiger partial charge in [0, 0.05) is 28.9 Å². The molecule has 1 saturated carbocycles. The molecule has 6 heteroatoms. The summed E-state index contributed by atoms with van der Waals surface area (Å²) < 4.78 is 0. The van der Waals surface area contributed by atoms with Crippen molar-refractivity contribution in [2.75, 3.05) is 5.75 Å². The van der Waals surface area contributed by atoms with Crippen LogP contribution in [0.4, 0.5) is 0 Å². The second-order valence-electron chi connectivity index (χ2n) is 9.26. The molecule has 36 heavy (non-hydrogen) atoms. The Morgan fingerprint density at radius 1 is 0.889 bits per heavy atom. The predicted molar refractivity (Wildman–Crippen MR) is 148 cm³/mol. The zero-order valence-electron chi connectivity index (χ0n) is 20.4. The van der Waals surface area contributed by atoms with Crippen molar-refractivity contribution in [1.82, 2.24) is 10.2 Å². The number of halogens is 1. The van der Waals surface area contributed by atoms with Gasteiger partial charge >= 0.3 is 0 Å². The molecule has 1 aliphatic carbocycles. The van der Waals surface area contributed by atoms with Crippen LogP contribution >= 0.6 is 23.4 Å². The van der Waals surface area contributed by atoms with Crippen molar-refractivity contribution < 1.29 is 9.59 Å². The summed E-state index contributed by atoms with van der Waals surface area (Å²) in [6.07, 6.45) is 5.91. The van der Waals surface area contributed by atoms with Gasteiger partial charge in [-0.15, -0.1) is 11.8 Å². The lowest BCUT2D eigenvalue weighted by Gasteiger charge is -2.33. The average Bonchev–Trinajstić information content (AvgIpc) is 2.92. The van der Waals surface area contributed by atoms with Crippen LogP contribution in [0, 0.1) is 0 Å². The first-order valence-corrected chi connectivity index (χ1v) is 14.0. The molecule has 3 aromatic rings. The smallest absolute Gasteiger partial charge is 0.243 e. The van der Waals surface area contributed by atoms with Crippen molar-refractivity contribution in [1.29, 1.82) is 0 Å². The molecular formula is C30H33ClN2O2S. The van der Waals surface area contributed by atoms with Gasteiger partial charge < -0.3 is 10.2 Å². The summed E-state index contributed by atoms with van der Waals surface area (Å²) in [5.41, 5.74) is 1.86. The Labute approximate surface area is 223 Å². The molecule has 4 nitrogen and oxygen atoms in total. The molecule has 0 saturated heterocycles. The maximum atomic E-state index is 13.8. The number of hydrogen-bond donors (Lipinski definition) is 1. The normalized spacial score (nSPS) is 14.7. The van der Waals surface area contributed by atoms with Crippen molar-refractivity contribution in [3.63, 3.8) is 0 Å². The van der Waals surface area contributed by atoms with Crippen molar-refractivity contribution >= 4 is 35.2 Å². The lowest BCUT2D eigenvalue weighted by Crippen LogP contribution is -2.53. The van der Waals surface area contributed by atoms with E-state index in [1.54, 1.807) is 4.90 Å². The van der Waals surface area contributed by atoms with Gasteiger partial charge in [-0.25, -0.2) is 0 Å². The molecule has 1 fully saturated rings. The minimum atomic E-state index is -0.630. The highest BCUT2D eigenvalue weighted by molar-refractivity contribution is 8.00. The highest BCUT2D eigenvalue weighted by Gasteiger charge is 2.32. The molecule has 0 spiro atoms. The molecule has 0 bridgehead atoms. The SMILES string of the molecule is O=C(NC1CCCCC1)[C@@H](Cc1ccccc1)N(Cc1ccccc1Cl)C(=O)CSc1ccccc1. The second kappa shape index (κ2) is 13.5. The molecule has 0 aromatic heterocycles.